The molecule has 2 unspecified atom stereocenters. The Labute approximate surface area is 209 Å². The number of ether oxygens (including phenoxy) is 2. The number of aromatic nitrogens is 2. The van der Waals surface area contributed by atoms with Gasteiger partial charge in [0.1, 0.15) is 17.3 Å². The summed E-state index contributed by atoms with van der Waals surface area (Å²) in [5, 5.41) is 1.72. The average molecular weight is 500 g/mol. The van der Waals surface area contributed by atoms with Crippen LogP contribution in [0.25, 0.3) is 22.0 Å². The second kappa shape index (κ2) is 10.2. The molecule has 1 aliphatic rings. The summed E-state index contributed by atoms with van der Waals surface area (Å²) < 4.78 is 10.8. The summed E-state index contributed by atoms with van der Waals surface area (Å²) in [5.74, 6) is 2.56. The molecule has 0 N–H and O–H groups in total. The minimum Gasteiger partial charge on any atom is -0.495 e. The highest BCUT2D eigenvalue weighted by atomic mass is 35.5. The Balaban J connectivity index is 1.59. The molecule has 1 fully saturated rings. The lowest BCUT2D eigenvalue weighted by molar-refractivity contribution is -0.128. The fourth-order valence-electron chi connectivity index (χ4n) is 4.53. The van der Waals surface area contributed by atoms with Gasteiger partial charge >= 0.3 is 0 Å². The first-order chi connectivity index (χ1) is 16.4. The van der Waals surface area contributed by atoms with E-state index in [-0.39, 0.29) is 5.91 Å². The van der Waals surface area contributed by atoms with Crippen molar-refractivity contribution in [2.45, 2.75) is 19.8 Å². The van der Waals surface area contributed by atoms with Crippen LogP contribution in [0.2, 0.25) is 10.0 Å². The number of likely N-dealkylation sites (tertiary alicyclic amines) is 1. The van der Waals surface area contributed by atoms with Crippen LogP contribution in [0.4, 0.5) is 0 Å². The number of methoxy groups -OCH3 is 2. The minimum atomic E-state index is -0.00285. The molecular weight excluding hydrogens is 473 g/mol. The third-order valence-corrected chi connectivity index (χ3v) is 7.26. The van der Waals surface area contributed by atoms with Gasteiger partial charge in [-0.1, -0.05) is 42.8 Å². The number of carbonyl (C=O) groups excluding carboxylic acids is 1. The highest BCUT2D eigenvalue weighted by Crippen LogP contribution is 2.46. The van der Waals surface area contributed by atoms with Crippen molar-refractivity contribution in [3.05, 3.63) is 59.0 Å². The largest absolute Gasteiger partial charge is 0.495 e. The molecule has 34 heavy (non-hydrogen) atoms. The van der Waals surface area contributed by atoms with E-state index in [2.05, 4.69) is 18.5 Å². The Kier molecular flexibility index (Phi) is 7.29. The number of halogens is 2. The molecule has 2 atom stereocenters. The lowest BCUT2D eigenvalue weighted by Gasteiger charge is -2.36. The first-order valence-corrected chi connectivity index (χ1v) is 11.9. The summed E-state index contributed by atoms with van der Waals surface area (Å²) in [6, 6.07) is 7.52. The van der Waals surface area contributed by atoms with Gasteiger partial charge in [-0.25, -0.2) is 9.97 Å². The van der Waals surface area contributed by atoms with Crippen LogP contribution in [0.3, 0.4) is 0 Å². The minimum absolute atomic E-state index is 0.00285. The lowest BCUT2D eigenvalue weighted by atomic mass is 9.84. The van der Waals surface area contributed by atoms with Gasteiger partial charge in [0.05, 0.1) is 29.8 Å². The molecule has 1 saturated heterocycles. The molecular formula is C26H27Cl2N3O3. The van der Waals surface area contributed by atoms with Crippen LogP contribution in [0.1, 0.15) is 19.2 Å². The van der Waals surface area contributed by atoms with Crippen LogP contribution in [0.5, 0.6) is 11.5 Å². The average Bonchev–Trinajstić information content (AvgIpc) is 2.85. The van der Waals surface area contributed by atoms with Gasteiger partial charge in [-0.15, -0.1) is 0 Å². The molecule has 4 rings (SSSR count). The number of carbonyl (C=O) groups is 1. The molecule has 0 bridgehead atoms. The number of nitrogens with zero attached hydrogens (tertiary/aromatic N) is 3. The van der Waals surface area contributed by atoms with Crippen LogP contribution in [0.15, 0.2) is 43.1 Å². The topological polar surface area (TPSA) is 64.6 Å². The van der Waals surface area contributed by atoms with Crippen molar-refractivity contribution in [3.63, 3.8) is 0 Å². The second-order valence-corrected chi connectivity index (χ2v) is 9.32. The van der Waals surface area contributed by atoms with Crippen molar-refractivity contribution in [1.29, 1.82) is 0 Å². The van der Waals surface area contributed by atoms with Gasteiger partial charge in [-0.2, -0.15) is 0 Å². The van der Waals surface area contributed by atoms with Crippen LogP contribution in [0, 0.1) is 11.8 Å². The fraction of sp³-hybridized carbons (Fsp3) is 0.346. The molecule has 3 aromatic rings. The van der Waals surface area contributed by atoms with Gasteiger partial charge in [-0.05, 0) is 42.0 Å². The summed E-state index contributed by atoms with van der Waals surface area (Å²) in [5.41, 5.74) is 2.31. The predicted octanol–water partition coefficient (Wildman–Crippen LogP) is 5.83. The van der Waals surface area contributed by atoms with Crippen molar-refractivity contribution in [2.75, 3.05) is 27.3 Å². The van der Waals surface area contributed by atoms with E-state index in [1.165, 1.54) is 6.08 Å². The van der Waals surface area contributed by atoms with E-state index in [4.69, 9.17) is 37.7 Å². The van der Waals surface area contributed by atoms with E-state index in [9.17, 15) is 4.79 Å². The molecule has 178 valence electrons. The Bertz CT molecular complexity index is 1220. The van der Waals surface area contributed by atoms with E-state index < -0.39 is 0 Å². The molecule has 1 aromatic heterocycles. The highest BCUT2D eigenvalue weighted by molar-refractivity contribution is 6.41. The van der Waals surface area contributed by atoms with Crippen LogP contribution in [-0.4, -0.2) is 48.1 Å². The normalized spacial score (nSPS) is 18.1. The lowest BCUT2D eigenvalue weighted by Crippen LogP contribution is -2.42. The van der Waals surface area contributed by atoms with E-state index in [1.807, 2.05) is 29.3 Å². The SMILES string of the molecule is C=CC(=O)N1CCC(Cc2ncc3cc(-c4c(Cl)c(OC)cc(OC)c4Cl)ccc3n2)C(C)C1. The standard InChI is InChI=1S/C26H27Cl2N3O3/c1-5-23(32)31-9-8-16(15(2)14-31)11-22-29-13-18-10-17(6-7-19(18)30-22)24-25(27)20(33-3)12-21(34-4)26(24)28/h5-7,10,12-13,15-16H,1,8-9,11,14H2,2-4H3. The molecule has 1 amide bonds. The Morgan fingerprint density at radius 1 is 1.21 bits per heavy atom. The number of amides is 1. The predicted molar refractivity (Wildman–Crippen MR) is 136 cm³/mol. The third kappa shape index (κ3) is 4.70. The maximum Gasteiger partial charge on any atom is 0.245 e. The van der Waals surface area contributed by atoms with Crippen LogP contribution in [-0.2, 0) is 11.2 Å². The summed E-state index contributed by atoms with van der Waals surface area (Å²) in [4.78, 5) is 23.2. The number of hydrogen-bond donors (Lipinski definition) is 0. The molecule has 2 aromatic carbocycles. The van der Waals surface area contributed by atoms with Crippen molar-refractivity contribution >= 4 is 40.0 Å². The molecule has 1 aliphatic heterocycles. The second-order valence-electron chi connectivity index (χ2n) is 8.56. The first kappa shape index (κ1) is 24.3. The van der Waals surface area contributed by atoms with Crippen molar-refractivity contribution < 1.29 is 14.3 Å². The quantitative estimate of drug-likeness (QED) is 0.399. The number of hydrogen-bond acceptors (Lipinski definition) is 5. The molecule has 6 nitrogen and oxygen atoms in total. The molecule has 0 radical (unpaired) electrons. The third-order valence-electron chi connectivity index (χ3n) is 6.51. The molecule has 8 heteroatoms. The van der Waals surface area contributed by atoms with E-state index in [0.717, 1.165) is 48.2 Å². The van der Waals surface area contributed by atoms with Crippen molar-refractivity contribution in [3.8, 4) is 22.6 Å². The molecule has 0 saturated carbocycles. The first-order valence-electron chi connectivity index (χ1n) is 11.1. The van der Waals surface area contributed by atoms with Gasteiger partial charge in [0, 0.05) is 42.7 Å². The zero-order valence-corrected chi connectivity index (χ0v) is 21.0. The summed E-state index contributed by atoms with van der Waals surface area (Å²) in [7, 11) is 3.10. The van der Waals surface area contributed by atoms with Gasteiger partial charge in [0.15, 0.2) is 0 Å². The zero-order chi connectivity index (χ0) is 24.4. The highest BCUT2D eigenvalue weighted by Gasteiger charge is 2.28. The molecule has 0 aliphatic carbocycles. The molecule has 0 spiro atoms. The van der Waals surface area contributed by atoms with E-state index in [1.54, 1.807) is 20.3 Å². The van der Waals surface area contributed by atoms with Crippen LogP contribution >= 0.6 is 23.2 Å². The number of benzene rings is 2. The monoisotopic (exact) mass is 499 g/mol. The number of rotatable bonds is 6. The van der Waals surface area contributed by atoms with Crippen molar-refractivity contribution in [1.82, 2.24) is 14.9 Å². The van der Waals surface area contributed by atoms with E-state index >= 15 is 0 Å². The summed E-state index contributed by atoms with van der Waals surface area (Å²) in [6.07, 6.45) is 4.92. The van der Waals surface area contributed by atoms with Gasteiger partial charge < -0.3 is 14.4 Å². The van der Waals surface area contributed by atoms with Crippen molar-refractivity contribution in [2.24, 2.45) is 11.8 Å². The van der Waals surface area contributed by atoms with E-state index in [0.29, 0.717) is 38.9 Å². The summed E-state index contributed by atoms with van der Waals surface area (Å²) in [6.45, 7) is 7.24. The fourth-order valence-corrected chi connectivity index (χ4v) is 5.24. The summed E-state index contributed by atoms with van der Waals surface area (Å²) >= 11 is 13.2. The molecule has 2 heterocycles. The smallest absolute Gasteiger partial charge is 0.245 e. The Morgan fingerprint density at radius 2 is 1.91 bits per heavy atom. The Morgan fingerprint density at radius 3 is 2.53 bits per heavy atom. The van der Waals surface area contributed by atoms with Crippen LogP contribution < -0.4 is 9.47 Å². The zero-order valence-electron chi connectivity index (χ0n) is 19.5. The number of piperidine rings is 1. The maximum atomic E-state index is 11.9. The Hall–Kier alpha value is -2.83. The van der Waals surface area contributed by atoms with Gasteiger partial charge in [0.2, 0.25) is 5.91 Å². The van der Waals surface area contributed by atoms with Gasteiger partial charge in [0.25, 0.3) is 0 Å². The number of fused-ring (bicyclic) bond motifs is 1. The van der Waals surface area contributed by atoms with Gasteiger partial charge in [-0.3, -0.25) is 4.79 Å². The maximum absolute atomic E-state index is 11.9.